The van der Waals surface area contributed by atoms with E-state index in [4.69, 9.17) is 17.3 Å². The van der Waals surface area contributed by atoms with Gasteiger partial charge >= 0.3 is 0 Å². The van der Waals surface area contributed by atoms with Crippen LogP contribution in [0.1, 0.15) is 16.1 Å². The molecule has 0 bridgehead atoms. The number of nitrogens with one attached hydrogen (secondary N) is 1. The molecule has 0 fully saturated rings. The number of benzene rings is 1. The number of aromatic nitrogens is 2. The van der Waals surface area contributed by atoms with Gasteiger partial charge in [-0.15, -0.1) is 0 Å². The van der Waals surface area contributed by atoms with E-state index in [1.165, 1.54) is 0 Å². The van der Waals surface area contributed by atoms with Gasteiger partial charge < -0.3 is 11.1 Å². The third-order valence-electron chi connectivity index (χ3n) is 2.50. The zero-order chi connectivity index (χ0) is 13.3. The molecule has 0 unspecified atom stereocenters. The van der Waals surface area contributed by atoms with Crippen molar-refractivity contribution in [2.24, 2.45) is 7.05 Å². The highest BCUT2D eigenvalue weighted by atomic mass is 35.5. The molecule has 18 heavy (non-hydrogen) atoms. The summed E-state index contributed by atoms with van der Waals surface area (Å²) in [5.41, 5.74) is 7.85. The normalized spacial score (nSPS) is 10.4. The molecule has 1 aromatic heterocycles. The fourth-order valence-electron chi connectivity index (χ4n) is 1.65. The Morgan fingerprint density at radius 1 is 1.50 bits per heavy atom. The van der Waals surface area contributed by atoms with Gasteiger partial charge in [-0.2, -0.15) is 5.10 Å². The maximum atomic E-state index is 12.0. The molecule has 94 valence electrons. The first-order chi connectivity index (χ1) is 8.47. The van der Waals surface area contributed by atoms with Gasteiger partial charge in [-0.3, -0.25) is 9.48 Å². The second-order valence-corrected chi connectivity index (χ2v) is 4.40. The summed E-state index contributed by atoms with van der Waals surface area (Å²) < 4.78 is 1.59. The minimum Gasteiger partial charge on any atom is -0.399 e. The molecule has 3 N–H and O–H groups in total. The summed E-state index contributed by atoms with van der Waals surface area (Å²) in [6.45, 7) is 1.77. The fraction of sp³-hybridized carbons (Fsp3) is 0.167. The Morgan fingerprint density at radius 2 is 2.22 bits per heavy atom. The highest BCUT2D eigenvalue weighted by Crippen LogP contribution is 2.24. The lowest BCUT2D eigenvalue weighted by Crippen LogP contribution is -2.13. The first-order valence-corrected chi connectivity index (χ1v) is 5.72. The molecule has 5 nitrogen and oxygen atoms in total. The van der Waals surface area contributed by atoms with Crippen LogP contribution in [-0.2, 0) is 7.05 Å². The molecule has 0 aliphatic carbocycles. The van der Waals surface area contributed by atoms with Gasteiger partial charge in [0.15, 0.2) is 0 Å². The van der Waals surface area contributed by atoms with Gasteiger partial charge in [-0.05, 0) is 25.1 Å². The van der Waals surface area contributed by atoms with Crippen molar-refractivity contribution < 1.29 is 4.79 Å². The van der Waals surface area contributed by atoms with Crippen molar-refractivity contribution in [1.82, 2.24) is 9.78 Å². The van der Waals surface area contributed by atoms with E-state index in [0.717, 1.165) is 0 Å². The maximum absolute atomic E-state index is 12.0. The molecule has 0 radical (unpaired) electrons. The van der Waals surface area contributed by atoms with Crippen molar-refractivity contribution in [2.45, 2.75) is 6.92 Å². The van der Waals surface area contributed by atoms with Gasteiger partial charge in [0.25, 0.3) is 5.91 Å². The minimum absolute atomic E-state index is 0.256. The van der Waals surface area contributed by atoms with Crippen LogP contribution < -0.4 is 11.1 Å². The zero-order valence-electron chi connectivity index (χ0n) is 10.1. The second-order valence-electron chi connectivity index (χ2n) is 4.00. The van der Waals surface area contributed by atoms with E-state index in [0.29, 0.717) is 27.7 Å². The number of rotatable bonds is 2. The van der Waals surface area contributed by atoms with Crippen LogP contribution in [-0.4, -0.2) is 15.7 Å². The van der Waals surface area contributed by atoms with Crippen LogP contribution >= 0.6 is 11.6 Å². The molecule has 0 atom stereocenters. The molecular weight excluding hydrogens is 252 g/mol. The summed E-state index contributed by atoms with van der Waals surface area (Å²) in [7, 11) is 1.76. The number of carbonyl (C=O) groups excluding carboxylic acids is 1. The van der Waals surface area contributed by atoms with Gasteiger partial charge in [0.1, 0.15) is 0 Å². The molecule has 1 heterocycles. The standard InChI is InChI=1S/C12H13ClN4O/c1-7-9(6-17(2)16-7)12(18)15-11-5-8(14)3-4-10(11)13/h3-6H,14H2,1-2H3,(H,15,18). The number of amides is 1. The maximum Gasteiger partial charge on any atom is 0.259 e. The van der Waals surface area contributed by atoms with Crippen molar-refractivity contribution in [3.05, 3.63) is 40.7 Å². The molecule has 2 aromatic rings. The number of nitrogens with zero attached hydrogens (tertiary/aromatic N) is 2. The van der Waals surface area contributed by atoms with Crippen LogP contribution in [0.3, 0.4) is 0 Å². The molecule has 2 rings (SSSR count). The number of anilines is 2. The largest absolute Gasteiger partial charge is 0.399 e. The predicted molar refractivity (Wildman–Crippen MR) is 71.8 cm³/mol. The molecule has 6 heteroatoms. The van der Waals surface area contributed by atoms with E-state index >= 15 is 0 Å². The van der Waals surface area contributed by atoms with Crippen molar-refractivity contribution in [2.75, 3.05) is 11.1 Å². The Labute approximate surface area is 110 Å². The van der Waals surface area contributed by atoms with Gasteiger partial charge in [0, 0.05) is 18.9 Å². The third-order valence-corrected chi connectivity index (χ3v) is 2.83. The summed E-state index contributed by atoms with van der Waals surface area (Å²) in [6, 6.07) is 4.93. The highest BCUT2D eigenvalue weighted by molar-refractivity contribution is 6.34. The Kier molecular flexibility index (Phi) is 3.25. The molecule has 0 aliphatic heterocycles. The van der Waals surface area contributed by atoms with Crippen LogP contribution in [0.4, 0.5) is 11.4 Å². The van der Waals surface area contributed by atoms with E-state index in [1.54, 1.807) is 43.0 Å². The molecule has 1 amide bonds. The van der Waals surface area contributed by atoms with E-state index in [2.05, 4.69) is 10.4 Å². The summed E-state index contributed by atoms with van der Waals surface area (Å²) in [5, 5.41) is 7.27. The number of carbonyl (C=O) groups is 1. The summed E-state index contributed by atoms with van der Waals surface area (Å²) in [5.74, 6) is -0.256. The average Bonchev–Trinajstić information content (AvgIpc) is 2.63. The van der Waals surface area contributed by atoms with E-state index in [9.17, 15) is 4.79 Å². The number of halogens is 1. The number of aryl methyl sites for hydroxylation is 2. The third kappa shape index (κ3) is 2.46. The number of hydrogen-bond donors (Lipinski definition) is 2. The van der Waals surface area contributed by atoms with Crippen molar-refractivity contribution in [3.8, 4) is 0 Å². The number of nitrogens with two attached hydrogens (primary N) is 1. The average molecular weight is 265 g/mol. The molecule has 0 saturated carbocycles. The second kappa shape index (κ2) is 4.70. The van der Waals surface area contributed by atoms with Crippen LogP contribution in [0, 0.1) is 6.92 Å². The quantitative estimate of drug-likeness (QED) is 0.817. The highest BCUT2D eigenvalue weighted by Gasteiger charge is 2.13. The smallest absolute Gasteiger partial charge is 0.259 e. The van der Waals surface area contributed by atoms with Gasteiger partial charge in [0.05, 0.1) is 22.0 Å². The van der Waals surface area contributed by atoms with Crippen molar-refractivity contribution >= 4 is 28.9 Å². The van der Waals surface area contributed by atoms with Gasteiger partial charge in [-0.1, -0.05) is 11.6 Å². The number of hydrogen-bond acceptors (Lipinski definition) is 3. The SMILES string of the molecule is Cc1nn(C)cc1C(=O)Nc1cc(N)ccc1Cl. The van der Waals surface area contributed by atoms with Gasteiger partial charge in [-0.25, -0.2) is 0 Å². The Hall–Kier alpha value is -2.01. The van der Waals surface area contributed by atoms with Crippen molar-refractivity contribution in [1.29, 1.82) is 0 Å². The Balaban J connectivity index is 2.26. The zero-order valence-corrected chi connectivity index (χ0v) is 10.8. The van der Waals surface area contributed by atoms with E-state index < -0.39 is 0 Å². The summed E-state index contributed by atoms with van der Waals surface area (Å²) in [6.07, 6.45) is 1.66. The fourth-order valence-corrected chi connectivity index (χ4v) is 1.82. The van der Waals surface area contributed by atoms with Crippen molar-refractivity contribution in [3.63, 3.8) is 0 Å². The lowest BCUT2D eigenvalue weighted by molar-refractivity contribution is 0.102. The monoisotopic (exact) mass is 264 g/mol. The number of nitrogen functional groups attached to an aromatic ring is 1. The molecule has 0 saturated heterocycles. The first kappa shape index (κ1) is 12.4. The summed E-state index contributed by atoms with van der Waals surface area (Å²) in [4.78, 5) is 12.0. The molecular formula is C12H13ClN4O. The van der Waals surface area contributed by atoms with E-state index in [-0.39, 0.29) is 5.91 Å². The first-order valence-electron chi connectivity index (χ1n) is 5.34. The Morgan fingerprint density at radius 3 is 2.83 bits per heavy atom. The van der Waals surface area contributed by atoms with Crippen LogP contribution in [0.2, 0.25) is 5.02 Å². The van der Waals surface area contributed by atoms with Crippen LogP contribution in [0.15, 0.2) is 24.4 Å². The van der Waals surface area contributed by atoms with Crippen LogP contribution in [0.25, 0.3) is 0 Å². The predicted octanol–water partition coefficient (Wildman–Crippen LogP) is 2.22. The topological polar surface area (TPSA) is 72.9 Å². The van der Waals surface area contributed by atoms with Gasteiger partial charge in [0.2, 0.25) is 0 Å². The molecule has 1 aromatic carbocycles. The lowest BCUT2D eigenvalue weighted by Gasteiger charge is -2.07. The minimum atomic E-state index is -0.256. The van der Waals surface area contributed by atoms with Crippen LogP contribution in [0.5, 0.6) is 0 Å². The lowest BCUT2D eigenvalue weighted by atomic mass is 10.2. The Bertz CT molecular complexity index is 606. The molecule has 0 spiro atoms. The summed E-state index contributed by atoms with van der Waals surface area (Å²) >= 11 is 5.98. The van der Waals surface area contributed by atoms with E-state index in [1.807, 2.05) is 0 Å². The molecule has 0 aliphatic rings.